The minimum Gasteiger partial charge on any atom is -0.485 e. The highest BCUT2D eigenvalue weighted by molar-refractivity contribution is 5.70. The van der Waals surface area contributed by atoms with E-state index in [1.54, 1.807) is 12.4 Å². The van der Waals surface area contributed by atoms with Crippen molar-refractivity contribution in [1.29, 1.82) is 0 Å². The molecule has 3 rings (SSSR count). The fourth-order valence-corrected chi connectivity index (χ4v) is 1.97. The summed E-state index contributed by atoms with van der Waals surface area (Å²) >= 11 is 0. The van der Waals surface area contributed by atoms with Crippen molar-refractivity contribution in [2.45, 2.75) is 6.61 Å². The van der Waals surface area contributed by atoms with Crippen molar-refractivity contribution >= 4 is 0 Å². The number of nitrogens with one attached hydrogen (secondary N) is 1. The molecule has 0 unspecified atom stereocenters. The van der Waals surface area contributed by atoms with E-state index in [2.05, 4.69) is 28.2 Å². The maximum atomic E-state index is 5.84. The Labute approximate surface area is 111 Å². The van der Waals surface area contributed by atoms with Crippen molar-refractivity contribution in [3.8, 4) is 16.9 Å². The van der Waals surface area contributed by atoms with Gasteiger partial charge in [-0.15, -0.1) is 0 Å². The Morgan fingerprint density at radius 3 is 2.53 bits per heavy atom. The molecule has 2 aromatic carbocycles. The molecular weight excluding hydrogens is 236 g/mol. The van der Waals surface area contributed by atoms with Crippen LogP contribution in [0.5, 0.6) is 5.75 Å². The first-order chi connectivity index (χ1) is 9.43. The quantitative estimate of drug-likeness (QED) is 0.767. The smallest absolute Gasteiger partial charge is 0.146 e. The molecule has 3 aromatic rings. The van der Waals surface area contributed by atoms with Crippen LogP contribution in [0.1, 0.15) is 5.82 Å². The summed E-state index contributed by atoms with van der Waals surface area (Å²) in [5, 5.41) is 0. The molecule has 0 radical (unpaired) electrons. The monoisotopic (exact) mass is 250 g/mol. The van der Waals surface area contributed by atoms with Crippen molar-refractivity contribution in [3.05, 3.63) is 72.8 Å². The van der Waals surface area contributed by atoms with Crippen molar-refractivity contribution in [3.63, 3.8) is 0 Å². The van der Waals surface area contributed by atoms with Gasteiger partial charge in [-0.2, -0.15) is 0 Å². The molecule has 0 aliphatic rings. The second-order valence-corrected chi connectivity index (χ2v) is 4.19. The molecule has 0 fully saturated rings. The molecule has 0 saturated carbocycles. The Bertz CT molecular complexity index is 633. The Morgan fingerprint density at radius 1 is 0.947 bits per heavy atom. The number of hydrogen-bond donors (Lipinski definition) is 1. The average Bonchev–Trinajstić information content (AvgIpc) is 3.00. The van der Waals surface area contributed by atoms with Crippen molar-refractivity contribution in [2.75, 3.05) is 0 Å². The van der Waals surface area contributed by atoms with Gasteiger partial charge in [-0.25, -0.2) is 4.98 Å². The lowest BCUT2D eigenvalue weighted by atomic mass is 10.1. The third-order valence-electron chi connectivity index (χ3n) is 2.89. The number of benzene rings is 2. The second-order valence-electron chi connectivity index (χ2n) is 4.19. The lowest BCUT2D eigenvalue weighted by molar-refractivity contribution is 0.298. The zero-order chi connectivity index (χ0) is 12.9. The molecule has 0 aliphatic carbocycles. The Kier molecular flexibility index (Phi) is 3.28. The molecule has 3 heteroatoms. The number of imidazole rings is 1. The van der Waals surface area contributed by atoms with E-state index in [1.807, 2.05) is 36.4 Å². The molecule has 0 aliphatic heterocycles. The summed E-state index contributed by atoms with van der Waals surface area (Å²) in [5.74, 6) is 1.69. The van der Waals surface area contributed by atoms with Crippen LogP contribution < -0.4 is 4.74 Å². The van der Waals surface area contributed by atoms with Gasteiger partial charge in [-0.05, 0) is 11.6 Å². The van der Waals surface area contributed by atoms with Gasteiger partial charge in [0.1, 0.15) is 18.2 Å². The number of nitrogens with zero attached hydrogens (tertiary/aromatic N) is 1. The van der Waals surface area contributed by atoms with Crippen LogP contribution in [0.15, 0.2) is 67.0 Å². The Hall–Kier alpha value is -2.55. The van der Waals surface area contributed by atoms with Gasteiger partial charge in [0.2, 0.25) is 0 Å². The van der Waals surface area contributed by atoms with Gasteiger partial charge in [0.05, 0.1) is 0 Å². The largest absolute Gasteiger partial charge is 0.485 e. The maximum absolute atomic E-state index is 5.84. The SMILES string of the molecule is c1ccc(-c2ccccc2OCc2ncc[nH]2)cc1. The van der Waals surface area contributed by atoms with Crippen molar-refractivity contribution in [1.82, 2.24) is 9.97 Å². The highest BCUT2D eigenvalue weighted by atomic mass is 16.5. The predicted molar refractivity (Wildman–Crippen MR) is 74.8 cm³/mol. The maximum Gasteiger partial charge on any atom is 0.146 e. The molecule has 1 N–H and O–H groups in total. The van der Waals surface area contributed by atoms with E-state index < -0.39 is 0 Å². The molecule has 0 atom stereocenters. The molecule has 0 bridgehead atoms. The topological polar surface area (TPSA) is 37.9 Å². The van der Waals surface area contributed by atoms with Gasteiger partial charge in [-0.3, -0.25) is 0 Å². The van der Waals surface area contributed by atoms with Crippen LogP contribution in [-0.2, 0) is 6.61 Å². The Balaban J connectivity index is 1.85. The zero-order valence-corrected chi connectivity index (χ0v) is 10.4. The Morgan fingerprint density at radius 2 is 1.74 bits per heavy atom. The van der Waals surface area contributed by atoms with Crippen LogP contribution in [0.2, 0.25) is 0 Å². The highest BCUT2D eigenvalue weighted by Gasteiger charge is 2.05. The summed E-state index contributed by atoms with van der Waals surface area (Å²) < 4.78 is 5.84. The first kappa shape index (κ1) is 11.5. The first-order valence-corrected chi connectivity index (χ1v) is 6.19. The van der Waals surface area contributed by atoms with E-state index in [9.17, 15) is 0 Å². The number of aromatic amines is 1. The van der Waals surface area contributed by atoms with Crippen LogP contribution in [0, 0.1) is 0 Å². The second kappa shape index (κ2) is 5.40. The summed E-state index contributed by atoms with van der Waals surface area (Å²) in [7, 11) is 0. The highest BCUT2D eigenvalue weighted by Crippen LogP contribution is 2.29. The van der Waals surface area contributed by atoms with Gasteiger partial charge >= 0.3 is 0 Å². The first-order valence-electron chi connectivity index (χ1n) is 6.19. The molecular formula is C16H14N2O. The average molecular weight is 250 g/mol. The molecule has 0 spiro atoms. The fourth-order valence-electron chi connectivity index (χ4n) is 1.97. The summed E-state index contributed by atoms with van der Waals surface area (Å²) in [4.78, 5) is 7.18. The van der Waals surface area contributed by atoms with Gasteiger partial charge in [0.15, 0.2) is 0 Å². The van der Waals surface area contributed by atoms with E-state index in [0.29, 0.717) is 6.61 Å². The fraction of sp³-hybridized carbons (Fsp3) is 0.0625. The third-order valence-corrected chi connectivity index (χ3v) is 2.89. The van der Waals surface area contributed by atoms with Crippen molar-refractivity contribution in [2.24, 2.45) is 0 Å². The summed E-state index contributed by atoms with van der Waals surface area (Å²) in [6, 6.07) is 18.3. The van der Waals surface area contributed by atoms with Crippen LogP contribution in [-0.4, -0.2) is 9.97 Å². The van der Waals surface area contributed by atoms with Gasteiger partial charge in [0.25, 0.3) is 0 Å². The number of para-hydroxylation sites is 1. The normalized spacial score (nSPS) is 10.3. The van der Waals surface area contributed by atoms with E-state index >= 15 is 0 Å². The van der Waals surface area contributed by atoms with Gasteiger partial charge in [0, 0.05) is 18.0 Å². The summed E-state index contributed by atoms with van der Waals surface area (Å²) in [6.45, 7) is 0.441. The molecule has 1 heterocycles. The van der Waals surface area contributed by atoms with Crippen molar-refractivity contribution < 1.29 is 4.74 Å². The third kappa shape index (κ3) is 2.65. The number of H-pyrrole nitrogens is 1. The molecule has 0 saturated heterocycles. The molecule has 1 aromatic heterocycles. The lowest BCUT2D eigenvalue weighted by Gasteiger charge is -2.10. The van der Waals surface area contributed by atoms with Crippen LogP contribution in [0.4, 0.5) is 0 Å². The van der Waals surface area contributed by atoms with Gasteiger partial charge < -0.3 is 9.72 Å². The zero-order valence-electron chi connectivity index (χ0n) is 10.4. The van der Waals surface area contributed by atoms with E-state index in [-0.39, 0.29) is 0 Å². The minimum absolute atomic E-state index is 0.441. The van der Waals surface area contributed by atoms with E-state index in [1.165, 1.54) is 0 Å². The molecule has 3 nitrogen and oxygen atoms in total. The van der Waals surface area contributed by atoms with Gasteiger partial charge in [-0.1, -0.05) is 48.5 Å². The number of ether oxygens (including phenoxy) is 1. The standard InChI is InChI=1S/C16H14N2O/c1-2-6-13(7-3-1)14-8-4-5-9-15(14)19-12-16-17-10-11-18-16/h1-11H,12H2,(H,17,18). The molecule has 94 valence electrons. The van der Waals surface area contributed by atoms with E-state index in [0.717, 1.165) is 22.7 Å². The molecule has 19 heavy (non-hydrogen) atoms. The molecule has 0 amide bonds. The van der Waals surface area contributed by atoms with Crippen LogP contribution in [0.3, 0.4) is 0 Å². The number of hydrogen-bond acceptors (Lipinski definition) is 2. The number of rotatable bonds is 4. The lowest BCUT2D eigenvalue weighted by Crippen LogP contribution is -1.98. The van der Waals surface area contributed by atoms with E-state index in [4.69, 9.17) is 4.74 Å². The van der Waals surface area contributed by atoms with Crippen LogP contribution in [0.25, 0.3) is 11.1 Å². The predicted octanol–water partition coefficient (Wildman–Crippen LogP) is 3.66. The number of aromatic nitrogens is 2. The summed E-state index contributed by atoms with van der Waals surface area (Å²) in [6.07, 6.45) is 3.52. The minimum atomic E-state index is 0.441. The summed E-state index contributed by atoms with van der Waals surface area (Å²) in [5.41, 5.74) is 2.24. The van der Waals surface area contributed by atoms with Crippen LogP contribution >= 0.6 is 0 Å².